The molecular formula is C18H19F5N4. The number of nitrogens with one attached hydrogen (secondary N) is 1. The number of halogens is 5. The minimum Gasteiger partial charge on any atom is -0.366 e. The van der Waals surface area contributed by atoms with Crippen LogP contribution in [0.5, 0.6) is 0 Å². The molecule has 1 aromatic heterocycles. The Hall–Kier alpha value is -2.29. The van der Waals surface area contributed by atoms with Crippen LogP contribution in [0.4, 0.5) is 27.8 Å². The first kappa shape index (κ1) is 19.5. The van der Waals surface area contributed by atoms with Crippen LogP contribution in [0.25, 0.3) is 0 Å². The van der Waals surface area contributed by atoms with Gasteiger partial charge in [0.2, 0.25) is 0 Å². The molecule has 0 aliphatic carbocycles. The van der Waals surface area contributed by atoms with Gasteiger partial charge in [-0.3, -0.25) is 4.90 Å². The Morgan fingerprint density at radius 3 is 2.30 bits per heavy atom. The molecule has 27 heavy (non-hydrogen) atoms. The first-order valence-electron chi connectivity index (χ1n) is 8.60. The monoisotopic (exact) mass is 386 g/mol. The molecule has 1 fully saturated rings. The van der Waals surface area contributed by atoms with Gasteiger partial charge in [0.05, 0.1) is 0 Å². The Labute approximate surface area is 153 Å². The van der Waals surface area contributed by atoms with E-state index in [2.05, 4.69) is 20.4 Å². The number of hydrogen-bond donors (Lipinski definition) is 1. The molecule has 4 nitrogen and oxygen atoms in total. The van der Waals surface area contributed by atoms with E-state index >= 15 is 0 Å². The summed E-state index contributed by atoms with van der Waals surface area (Å²) >= 11 is 0. The maximum absolute atomic E-state index is 13.4. The molecule has 1 unspecified atom stereocenters. The quantitative estimate of drug-likeness (QED) is 0.791. The lowest BCUT2D eigenvalue weighted by Gasteiger charge is -2.36. The number of aromatic nitrogens is 2. The summed E-state index contributed by atoms with van der Waals surface area (Å²) in [6.07, 6.45) is -3.01. The molecule has 9 heteroatoms. The number of likely N-dealkylation sites (tertiary alicyclic amines) is 1. The maximum atomic E-state index is 13.4. The number of benzene rings is 1. The predicted octanol–water partition coefficient (Wildman–Crippen LogP) is 4.41. The number of anilines is 1. The van der Waals surface area contributed by atoms with Crippen LogP contribution in [-0.2, 0) is 6.18 Å². The first-order valence-corrected chi connectivity index (χ1v) is 8.60. The maximum Gasteiger partial charge on any atom is 0.435 e. The van der Waals surface area contributed by atoms with Gasteiger partial charge < -0.3 is 5.32 Å². The van der Waals surface area contributed by atoms with Crippen molar-refractivity contribution >= 4 is 5.82 Å². The third kappa shape index (κ3) is 4.71. The zero-order valence-electron chi connectivity index (χ0n) is 14.6. The molecule has 1 N–H and O–H groups in total. The molecule has 0 saturated carbocycles. The molecular weight excluding hydrogens is 367 g/mol. The molecule has 1 atom stereocenters. The Balaban J connectivity index is 1.54. The van der Waals surface area contributed by atoms with E-state index in [0.717, 1.165) is 25.0 Å². The van der Waals surface area contributed by atoms with Gasteiger partial charge in [0.15, 0.2) is 17.3 Å². The Kier molecular flexibility index (Phi) is 5.59. The van der Waals surface area contributed by atoms with Crippen molar-refractivity contribution in [3.8, 4) is 0 Å². The topological polar surface area (TPSA) is 41.0 Å². The molecule has 0 amide bonds. The summed E-state index contributed by atoms with van der Waals surface area (Å²) in [4.78, 5) is 2.16. The summed E-state index contributed by atoms with van der Waals surface area (Å²) in [7, 11) is 0. The van der Waals surface area contributed by atoms with Crippen LogP contribution >= 0.6 is 0 Å². The van der Waals surface area contributed by atoms with E-state index in [1.165, 1.54) is 12.1 Å². The smallest absolute Gasteiger partial charge is 0.366 e. The van der Waals surface area contributed by atoms with Crippen molar-refractivity contribution in [3.05, 3.63) is 53.2 Å². The number of alkyl halides is 3. The van der Waals surface area contributed by atoms with E-state index in [0.29, 0.717) is 24.5 Å². The van der Waals surface area contributed by atoms with E-state index in [4.69, 9.17) is 0 Å². The normalized spacial score (nSPS) is 17.7. The minimum atomic E-state index is -4.51. The summed E-state index contributed by atoms with van der Waals surface area (Å²) in [5, 5.41) is 9.88. The second kappa shape index (κ2) is 7.75. The molecule has 146 valence electrons. The highest BCUT2D eigenvalue weighted by atomic mass is 19.4. The second-order valence-electron chi connectivity index (χ2n) is 6.61. The van der Waals surface area contributed by atoms with Crippen LogP contribution in [0.3, 0.4) is 0 Å². The zero-order chi connectivity index (χ0) is 19.6. The van der Waals surface area contributed by atoms with Crippen molar-refractivity contribution in [3.63, 3.8) is 0 Å². The fourth-order valence-corrected chi connectivity index (χ4v) is 3.18. The lowest BCUT2D eigenvalue weighted by Crippen LogP contribution is -2.40. The fraction of sp³-hybridized carbons (Fsp3) is 0.444. The standard InChI is InChI=1S/C18H19F5N4/c1-11(12-2-3-14(19)15(20)10-12)27-8-6-13(7-9-27)24-17-5-4-16(25-26-17)18(21,22)23/h2-5,10-11,13H,6-9H2,1H3,(H,24,26). The average molecular weight is 386 g/mol. The first-order chi connectivity index (χ1) is 12.7. The lowest BCUT2D eigenvalue weighted by atomic mass is 10.00. The van der Waals surface area contributed by atoms with Crippen molar-refractivity contribution in [2.75, 3.05) is 18.4 Å². The van der Waals surface area contributed by atoms with E-state index in [-0.39, 0.29) is 12.1 Å². The van der Waals surface area contributed by atoms with Crippen molar-refractivity contribution < 1.29 is 22.0 Å². The van der Waals surface area contributed by atoms with E-state index in [9.17, 15) is 22.0 Å². The van der Waals surface area contributed by atoms with Gasteiger partial charge in [-0.1, -0.05) is 6.07 Å². The van der Waals surface area contributed by atoms with Gasteiger partial charge in [-0.25, -0.2) is 8.78 Å². The third-order valence-corrected chi connectivity index (χ3v) is 4.81. The van der Waals surface area contributed by atoms with Crippen LogP contribution in [0, 0.1) is 11.6 Å². The summed E-state index contributed by atoms with van der Waals surface area (Å²) in [6, 6.07) is 6.07. The molecule has 1 aliphatic rings. The Bertz CT molecular complexity index is 770. The molecule has 0 spiro atoms. The molecule has 1 aromatic carbocycles. The SMILES string of the molecule is CC(c1ccc(F)c(F)c1)N1CCC(Nc2ccc(C(F)(F)F)nn2)CC1. The van der Waals surface area contributed by atoms with E-state index < -0.39 is 23.5 Å². The summed E-state index contributed by atoms with van der Waals surface area (Å²) in [6.45, 7) is 3.36. The molecule has 0 bridgehead atoms. The molecule has 1 aliphatic heterocycles. The molecule has 2 aromatic rings. The number of piperidine rings is 1. The highest BCUT2D eigenvalue weighted by molar-refractivity contribution is 5.34. The average Bonchev–Trinajstić information content (AvgIpc) is 2.64. The van der Waals surface area contributed by atoms with Crippen LogP contribution in [-0.4, -0.2) is 34.2 Å². The van der Waals surface area contributed by atoms with Crippen LogP contribution in [0.2, 0.25) is 0 Å². The van der Waals surface area contributed by atoms with Crippen LogP contribution < -0.4 is 5.32 Å². The van der Waals surface area contributed by atoms with Crippen LogP contribution in [0.15, 0.2) is 30.3 Å². The summed E-state index contributed by atoms with van der Waals surface area (Å²) in [5.74, 6) is -1.43. The van der Waals surface area contributed by atoms with E-state index in [1.807, 2.05) is 6.92 Å². The number of rotatable bonds is 4. The van der Waals surface area contributed by atoms with Gasteiger partial charge in [-0.05, 0) is 49.6 Å². The largest absolute Gasteiger partial charge is 0.435 e. The minimum absolute atomic E-state index is 0.0597. The third-order valence-electron chi connectivity index (χ3n) is 4.81. The summed E-state index contributed by atoms with van der Waals surface area (Å²) < 4.78 is 64.0. The second-order valence-corrected chi connectivity index (χ2v) is 6.61. The zero-order valence-corrected chi connectivity index (χ0v) is 14.6. The number of hydrogen-bond acceptors (Lipinski definition) is 4. The van der Waals surface area contributed by atoms with Gasteiger partial charge in [0.25, 0.3) is 0 Å². The van der Waals surface area contributed by atoms with Crippen molar-refractivity contribution in [1.29, 1.82) is 0 Å². The molecule has 3 rings (SSSR count). The van der Waals surface area contributed by atoms with Gasteiger partial charge in [0, 0.05) is 25.2 Å². The highest BCUT2D eigenvalue weighted by Gasteiger charge is 2.33. The highest BCUT2D eigenvalue weighted by Crippen LogP contribution is 2.28. The van der Waals surface area contributed by atoms with Crippen molar-refractivity contribution in [2.45, 2.75) is 38.0 Å². The Morgan fingerprint density at radius 1 is 1.04 bits per heavy atom. The molecule has 1 saturated heterocycles. The Morgan fingerprint density at radius 2 is 1.74 bits per heavy atom. The van der Waals surface area contributed by atoms with Gasteiger partial charge in [0.1, 0.15) is 5.82 Å². The van der Waals surface area contributed by atoms with Gasteiger partial charge in [-0.2, -0.15) is 13.2 Å². The number of nitrogens with zero attached hydrogens (tertiary/aromatic N) is 3. The van der Waals surface area contributed by atoms with Crippen molar-refractivity contribution in [1.82, 2.24) is 15.1 Å². The van der Waals surface area contributed by atoms with Gasteiger partial charge >= 0.3 is 6.18 Å². The molecule has 2 heterocycles. The fourth-order valence-electron chi connectivity index (χ4n) is 3.18. The van der Waals surface area contributed by atoms with Gasteiger partial charge in [-0.15, -0.1) is 10.2 Å². The molecule has 0 radical (unpaired) electrons. The predicted molar refractivity (Wildman–Crippen MR) is 90.0 cm³/mol. The van der Waals surface area contributed by atoms with Crippen molar-refractivity contribution in [2.24, 2.45) is 0 Å². The summed E-state index contributed by atoms with van der Waals surface area (Å²) in [5.41, 5.74) is -0.322. The van der Waals surface area contributed by atoms with Crippen LogP contribution in [0.1, 0.15) is 37.1 Å². The lowest BCUT2D eigenvalue weighted by molar-refractivity contribution is -0.141. The van der Waals surface area contributed by atoms with E-state index in [1.54, 1.807) is 6.07 Å².